The number of benzene rings is 1. The van der Waals surface area contributed by atoms with Crippen molar-refractivity contribution in [1.82, 2.24) is 4.72 Å². The molecule has 2 saturated carbocycles. The van der Waals surface area contributed by atoms with Crippen LogP contribution in [0.3, 0.4) is 0 Å². The average Bonchev–Trinajstić information content (AvgIpc) is 3.03. The summed E-state index contributed by atoms with van der Waals surface area (Å²) in [5.41, 5.74) is 0. The Labute approximate surface area is 134 Å². The van der Waals surface area contributed by atoms with Crippen molar-refractivity contribution in [2.45, 2.75) is 36.6 Å². The molecule has 1 N–H and O–H groups in total. The molecule has 1 aromatic rings. The van der Waals surface area contributed by atoms with Gasteiger partial charge in [-0.05, 0) is 43.2 Å². The largest absolute Gasteiger partial charge is 0.495 e. The van der Waals surface area contributed by atoms with Crippen LogP contribution in [0.4, 0.5) is 0 Å². The first kappa shape index (κ1) is 15.4. The number of fused-ring (bicyclic) bond motifs is 2. The lowest BCUT2D eigenvalue weighted by Gasteiger charge is -2.23. The molecular weight excluding hydrogens is 333 g/mol. The zero-order valence-corrected chi connectivity index (χ0v) is 13.9. The first-order chi connectivity index (χ1) is 9.92. The lowest BCUT2D eigenvalue weighted by molar-refractivity contribution is 0.390. The Kier molecular flexibility index (Phi) is 4.12. The molecule has 4 nitrogen and oxygen atoms in total. The normalized spacial score (nSPS) is 28.0. The third-order valence-electron chi connectivity index (χ3n) is 4.57. The van der Waals surface area contributed by atoms with Crippen LogP contribution in [0.15, 0.2) is 17.0 Å². The maximum atomic E-state index is 12.5. The number of sulfonamides is 1. The molecule has 0 radical (unpaired) electrons. The smallest absolute Gasteiger partial charge is 0.242 e. The van der Waals surface area contributed by atoms with Crippen molar-refractivity contribution in [2.75, 3.05) is 7.11 Å². The van der Waals surface area contributed by atoms with Crippen molar-refractivity contribution in [1.29, 1.82) is 0 Å². The summed E-state index contributed by atoms with van der Waals surface area (Å²) < 4.78 is 32.9. The fourth-order valence-electron chi connectivity index (χ4n) is 3.53. The van der Waals surface area contributed by atoms with Crippen LogP contribution < -0.4 is 9.46 Å². The molecule has 7 heteroatoms. The number of hydrogen-bond acceptors (Lipinski definition) is 3. The molecular formula is C14H17Cl2NO3S. The molecule has 2 bridgehead atoms. The molecule has 21 heavy (non-hydrogen) atoms. The van der Waals surface area contributed by atoms with Crippen LogP contribution in [0.1, 0.15) is 25.7 Å². The molecule has 1 aromatic carbocycles. The molecule has 2 fully saturated rings. The number of ether oxygens (including phenoxy) is 1. The molecule has 116 valence electrons. The maximum absolute atomic E-state index is 12.5. The minimum atomic E-state index is -3.67. The van der Waals surface area contributed by atoms with E-state index in [4.69, 9.17) is 27.9 Å². The van der Waals surface area contributed by atoms with Gasteiger partial charge in [0.05, 0.1) is 12.1 Å². The lowest BCUT2D eigenvalue weighted by atomic mass is 9.96. The molecule has 3 rings (SSSR count). The fraction of sp³-hybridized carbons (Fsp3) is 0.571. The molecule has 0 aromatic heterocycles. The van der Waals surface area contributed by atoms with E-state index in [2.05, 4.69) is 4.72 Å². The van der Waals surface area contributed by atoms with E-state index in [0.29, 0.717) is 17.6 Å². The minimum absolute atomic E-state index is 0.00618. The Morgan fingerprint density at radius 2 is 1.95 bits per heavy atom. The molecule has 0 heterocycles. The van der Waals surface area contributed by atoms with E-state index in [1.165, 1.54) is 25.7 Å². The van der Waals surface area contributed by atoms with E-state index < -0.39 is 10.0 Å². The van der Waals surface area contributed by atoms with Gasteiger partial charge in [0.25, 0.3) is 0 Å². The second-order valence-electron chi connectivity index (χ2n) is 5.80. The quantitative estimate of drug-likeness (QED) is 0.905. The number of hydrogen-bond donors (Lipinski definition) is 1. The fourth-order valence-corrected chi connectivity index (χ4v) is 5.69. The summed E-state index contributed by atoms with van der Waals surface area (Å²) in [7, 11) is -2.21. The van der Waals surface area contributed by atoms with Gasteiger partial charge in [-0.25, -0.2) is 13.1 Å². The van der Waals surface area contributed by atoms with Crippen LogP contribution in [0.25, 0.3) is 0 Å². The van der Waals surface area contributed by atoms with Crippen LogP contribution in [-0.4, -0.2) is 21.6 Å². The standard InChI is InChI=1S/C14H17Cl2NO3S/c1-20-11-4-5-12(14(16)13(11)15)21(18,19)17-10-7-8-2-3-9(10)6-8/h4-5,8-10,17H,2-3,6-7H2,1H3/t8-,9-,10+/m1/s1. The third kappa shape index (κ3) is 2.77. The van der Waals surface area contributed by atoms with E-state index in [9.17, 15) is 8.42 Å². The molecule has 0 saturated heterocycles. The van der Waals surface area contributed by atoms with E-state index in [1.54, 1.807) is 0 Å². The van der Waals surface area contributed by atoms with Gasteiger partial charge in [0.15, 0.2) is 0 Å². The highest BCUT2D eigenvalue weighted by atomic mass is 35.5. The molecule has 3 atom stereocenters. The van der Waals surface area contributed by atoms with Gasteiger partial charge in [-0.2, -0.15) is 0 Å². The second kappa shape index (κ2) is 5.61. The first-order valence-electron chi connectivity index (χ1n) is 6.96. The van der Waals surface area contributed by atoms with E-state index >= 15 is 0 Å². The Balaban J connectivity index is 1.87. The number of methoxy groups -OCH3 is 1. The van der Waals surface area contributed by atoms with Gasteiger partial charge in [0, 0.05) is 6.04 Å². The van der Waals surface area contributed by atoms with Crippen molar-refractivity contribution in [3.05, 3.63) is 22.2 Å². The van der Waals surface area contributed by atoms with Crippen molar-refractivity contribution >= 4 is 33.2 Å². The molecule has 0 unspecified atom stereocenters. The summed E-state index contributed by atoms with van der Waals surface area (Å²) in [5.74, 6) is 1.48. The zero-order chi connectivity index (χ0) is 15.2. The van der Waals surface area contributed by atoms with Gasteiger partial charge in [0.2, 0.25) is 10.0 Å². The highest BCUT2D eigenvalue weighted by Gasteiger charge is 2.41. The summed E-state index contributed by atoms with van der Waals surface area (Å²) in [5, 5.41) is 0.127. The lowest BCUT2D eigenvalue weighted by Crippen LogP contribution is -2.38. The Hall–Kier alpha value is -0.490. The van der Waals surface area contributed by atoms with Crippen LogP contribution in [0.5, 0.6) is 5.75 Å². The molecule has 0 amide bonds. The van der Waals surface area contributed by atoms with Gasteiger partial charge in [-0.15, -0.1) is 0 Å². The number of nitrogens with one attached hydrogen (secondary N) is 1. The highest BCUT2D eigenvalue weighted by Crippen LogP contribution is 2.45. The predicted octanol–water partition coefficient (Wildman–Crippen LogP) is 3.47. The van der Waals surface area contributed by atoms with Gasteiger partial charge in [0.1, 0.15) is 15.7 Å². The van der Waals surface area contributed by atoms with Gasteiger partial charge < -0.3 is 4.74 Å². The second-order valence-corrected chi connectivity index (χ2v) is 8.23. The molecule has 2 aliphatic rings. The Morgan fingerprint density at radius 1 is 1.19 bits per heavy atom. The number of rotatable bonds is 4. The highest BCUT2D eigenvalue weighted by molar-refractivity contribution is 7.89. The summed E-state index contributed by atoms with van der Waals surface area (Å²) in [6.45, 7) is 0. The number of halogens is 2. The average molecular weight is 350 g/mol. The van der Waals surface area contributed by atoms with Crippen LogP contribution in [0.2, 0.25) is 10.0 Å². The van der Waals surface area contributed by atoms with Crippen LogP contribution in [0, 0.1) is 11.8 Å². The minimum Gasteiger partial charge on any atom is -0.495 e. The third-order valence-corrected chi connectivity index (χ3v) is 7.07. The Morgan fingerprint density at radius 3 is 2.52 bits per heavy atom. The zero-order valence-electron chi connectivity index (χ0n) is 11.6. The molecule has 0 spiro atoms. The van der Waals surface area contributed by atoms with E-state index in [-0.39, 0.29) is 21.0 Å². The summed E-state index contributed by atoms with van der Waals surface area (Å²) >= 11 is 12.1. The van der Waals surface area contributed by atoms with Crippen molar-refractivity contribution < 1.29 is 13.2 Å². The monoisotopic (exact) mass is 349 g/mol. The van der Waals surface area contributed by atoms with Gasteiger partial charge >= 0.3 is 0 Å². The molecule has 0 aliphatic heterocycles. The van der Waals surface area contributed by atoms with E-state index in [0.717, 1.165) is 19.3 Å². The van der Waals surface area contributed by atoms with Crippen LogP contribution in [-0.2, 0) is 10.0 Å². The SMILES string of the molecule is COc1ccc(S(=O)(=O)N[C@H]2C[C@@H]3CC[C@@H]2C3)c(Cl)c1Cl. The maximum Gasteiger partial charge on any atom is 0.242 e. The van der Waals surface area contributed by atoms with Crippen molar-refractivity contribution in [3.8, 4) is 5.75 Å². The van der Waals surface area contributed by atoms with Crippen LogP contribution >= 0.6 is 23.2 Å². The molecule has 2 aliphatic carbocycles. The first-order valence-corrected chi connectivity index (χ1v) is 9.20. The summed E-state index contributed by atoms with van der Waals surface area (Å²) in [6, 6.07) is 2.97. The topological polar surface area (TPSA) is 55.4 Å². The van der Waals surface area contributed by atoms with E-state index in [1.807, 2.05) is 0 Å². The van der Waals surface area contributed by atoms with Gasteiger partial charge in [-0.3, -0.25) is 0 Å². The summed E-state index contributed by atoms with van der Waals surface area (Å²) in [4.78, 5) is 0.0118. The summed E-state index contributed by atoms with van der Waals surface area (Å²) in [6.07, 6.45) is 4.38. The van der Waals surface area contributed by atoms with Gasteiger partial charge in [-0.1, -0.05) is 29.6 Å². The van der Waals surface area contributed by atoms with Crippen molar-refractivity contribution in [3.63, 3.8) is 0 Å². The Bertz CT molecular complexity index is 662. The predicted molar refractivity (Wildman–Crippen MR) is 82.6 cm³/mol. The van der Waals surface area contributed by atoms with Crippen molar-refractivity contribution in [2.24, 2.45) is 11.8 Å².